The van der Waals surface area contributed by atoms with Gasteiger partial charge in [-0.05, 0) is 31.2 Å². The Labute approximate surface area is 132 Å². The van der Waals surface area contributed by atoms with E-state index in [-0.39, 0.29) is 5.91 Å². The third-order valence-electron chi connectivity index (χ3n) is 3.18. The normalized spacial score (nSPS) is 10.8. The van der Waals surface area contributed by atoms with Gasteiger partial charge >= 0.3 is 0 Å². The van der Waals surface area contributed by atoms with Crippen molar-refractivity contribution >= 4 is 32.6 Å². The Hall–Kier alpha value is -2.34. The fourth-order valence-corrected chi connectivity index (χ4v) is 3.20. The van der Waals surface area contributed by atoms with Gasteiger partial charge in [-0.2, -0.15) is 0 Å². The first-order valence-electron chi connectivity index (χ1n) is 7.02. The molecule has 5 nitrogen and oxygen atoms in total. The fraction of sp³-hybridized carbons (Fsp3) is 0.250. The van der Waals surface area contributed by atoms with Crippen molar-refractivity contribution in [3.8, 4) is 5.75 Å². The summed E-state index contributed by atoms with van der Waals surface area (Å²) >= 11 is 1.47. The Balaban J connectivity index is 1.99. The van der Waals surface area contributed by atoms with E-state index in [1.54, 1.807) is 17.2 Å². The number of para-hydroxylation sites is 1. The van der Waals surface area contributed by atoms with Gasteiger partial charge in [0.25, 0.3) is 0 Å². The second kappa shape index (κ2) is 6.19. The summed E-state index contributed by atoms with van der Waals surface area (Å²) in [5.41, 5.74) is 0.787. The molecule has 0 N–H and O–H groups in total. The van der Waals surface area contributed by atoms with Gasteiger partial charge in [0.1, 0.15) is 17.0 Å². The third kappa shape index (κ3) is 2.82. The summed E-state index contributed by atoms with van der Waals surface area (Å²) in [6, 6.07) is 9.44. The zero-order chi connectivity index (χ0) is 15.5. The molecule has 0 spiro atoms. The van der Waals surface area contributed by atoms with E-state index < -0.39 is 0 Å². The van der Waals surface area contributed by atoms with Crippen LogP contribution in [0.5, 0.6) is 5.75 Å². The Bertz CT molecular complexity index is 780. The van der Waals surface area contributed by atoms with Crippen LogP contribution in [0.15, 0.2) is 41.0 Å². The summed E-state index contributed by atoms with van der Waals surface area (Å²) in [7, 11) is 0. The van der Waals surface area contributed by atoms with Crippen LogP contribution >= 0.6 is 11.3 Å². The molecule has 3 aromatic rings. The van der Waals surface area contributed by atoms with Crippen LogP contribution in [0.3, 0.4) is 0 Å². The van der Waals surface area contributed by atoms with Gasteiger partial charge in [0.15, 0.2) is 5.13 Å². The molecule has 1 amide bonds. The topological polar surface area (TPSA) is 55.6 Å². The Kier molecular flexibility index (Phi) is 4.11. The molecule has 1 aromatic carbocycles. The monoisotopic (exact) mass is 316 g/mol. The fourth-order valence-electron chi connectivity index (χ4n) is 2.17. The number of nitrogens with zero attached hydrogens (tertiary/aromatic N) is 2. The quantitative estimate of drug-likeness (QED) is 0.717. The van der Waals surface area contributed by atoms with Gasteiger partial charge < -0.3 is 9.15 Å². The number of anilines is 1. The van der Waals surface area contributed by atoms with Crippen molar-refractivity contribution in [3.05, 3.63) is 42.4 Å². The molecular weight excluding hydrogens is 300 g/mol. The van der Waals surface area contributed by atoms with Crippen molar-refractivity contribution < 1.29 is 13.9 Å². The maximum atomic E-state index is 12.0. The molecule has 0 saturated heterocycles. The Morgan fingerprint density at radius 1 is 1.36 bits per heavy atom. The van der Waals surface area contributed by atoms with Gasteiger partial charge in [0.05, 0.1) is 24.1 Å². The smallest absolute Gasteiger partial charge is 0.226 e. The van der Waals surface area contributed by atoms with Crippen LogP contribution in [0.1, 0.15) is 19.6 Å². The van der Waals surface area contributed by atoms with Gasteiger partial charge in [-0.25, -0.2) is 4.98 Å². The minimum atomic E-state index is -0.0755. The molecule has 0 unspecified atom stereocenters. The van der Waals surface area contributed by atoms with E-state index in [1.165, 1.54) is 18.3 Å². The zero-order valence-corrected chi connectivity index (χ0v) is 13.2. The molecule has 22 heavy (non-hydrogen) atoms. The number of rotatable bonds is 5. The van der Waals surface area contributed by atoms with Gasteiger partial charge in [-0.3, -0.25) is 9.69 Å². The highest BCUT2D eigenvalue weighted by molar-refractivity contribution is 7.22. The summed E-state index contributed by atoms with van der Waals surface area (Å²) in [4.78, 5) is 18.2. The number of aromatic nitrogens is 1. The van der Waals surface area contributed by atoms with E-state index in [2.05, 4.69) is 4.98 Å². The van der Waals surface area contributed by atoms with E-state index in [0.717, 1.165) is 21.7 Å². The summed E-state index contributed by atoms with van der Waals surface area (Å²) in [6.45, 7) is 4.41. The van der Waals surface area contributed by atoms with E-state index in [4.69, 9.17) is 9.15 Å². The zero-order valence-electron chi connectivity index (χ0n) is 12.4. The molecule has 114 valence electrons. The first kappa shape index (κ1) is 14.6. The first-order chi connectivity index (χ1) is 10.7. The molecule has 0 bridgehead atoms. The van der Waals surface area contributed by atoms with E-state index >= 15 is 0 Å². The number of carbonyl (C=O) groups is 1. The van der Waals surface area contributed by atoms with Crippen molar-refractivity contribution in [2.24, 2.45) is 0 Å². The highest BCUT2D eigenvalue weighted by Gasteiger charge is 2.19. The molecule has 2 heterocycles. The molecular formula is C16H16N2O3S. The highest BCUT2D eigenvalue weighted by Crippen LogP contribution is 2.34. The van der Waals surface area contributed by atoms with E-state index in [1.807, 2.05) is 31.2 Å². The molecule has 0 radical (unpaired) electrons. The van der Waals surface area contributed by atoms with Crippen LogP contribution in [-0.2, 0) is 11.3 Å². The molecule has 0 atom stereocenters. The molecule has 0 aliphatic carbocycles. The lowest BCUT2D eigenvalue weighted by atomic mass is 10.3. The van der Waals surface area contributed by atoms with Gasteiger partial charge in [-0.15, -0.1) is 0 Å². The second-order valence-corrected chi connectivity index (χ2v) is 5.73. The minimum absolute atomic E-state index is 0.0755. The molecule has 2 aromatic heterocycles. The van der Waals surface area contributed by atoms with Gasteiger partial charge in [-0.1, -0.05) is 17.4 Å². The van der Waals surface area contributed by atoms with E-state index in [0.29, 0.717) is 18.3 Å². The lowest BCUT2D eigenvalue weighted by Gasteiger charge is -2.15. The maximum Gasteiger partial charge on any atom is 0.226 e. The van der Waals surface area contributed by atoms with E-state index in [9.17, 15) is 4.79 Å². The van der Waals surface area contributed by atoms with Crippen molar-refractivity contribution in [3.63, 3.8) is 0 Å². The lowest BCUT2D eigenvalue weighted by molar-refractivity contribution is -0.116. The number of furan rings is 1. The first-order valence-corrected chi connectivity index (χ1v) is 7.83. The number of hydrogen-bond acceptors (Lipinski definition) is 5. The molecule has 0 aliphatic heterocycles. The maximum absolute atomic E-state index is 12.0. The Morgan fingerprint density at radius 3 is 2.91 bits per heavy atom. The lowest BCUT2D eigenvalue weighted by Crippen LogP contribution is -2.27. The molecule has 3 rings (SSSR count). The van der Waals surface area contributed by atoms with Crippen LogP contribution in [0.2, 0.25) is 0 Å². The van der Waals surface area contributed by atoms with Crippen molar-refractivity contribution in [1.29, 1.82) is 0 Å². The second-order valence-electron chi connectivity index (χ2n) is 4.72. The van der Waals surface area contributed by atoms with Crippen LogP contribution in [0.4, 0.5) is 5.13 Å². The summed E-state index contributed by atoms with van der Waals surface area (Å²) in [5.74, 6) is 1.39. The number of fused-ring (bicyclic) bond motifs is 1. The number of ether oxygens (including phenoxy) is 1. The number of carbonyl (C=O) groups excluding carboxylic acids is 1. The molecule has 0 aliphatic rings. The summed E-state index contributed by atoms with van der Waals surface area (Å²) in [5, 5.41) is 0.644. The largest absolute Gasteiger partial charge is 0.492 e. The van der Waals surface area contributed by atoms with Crippen molar-refractivity contribution in [2.45, 2.75) is 20.4 Å². The average molecular weight is 316 g/mol. The molecule has 0 fully saturated rings. The van der Waals surface area contributed by atoms with Crippen LogP contribution in [-0.4, -0.2) is 17.5 Å². The minimum Gasteiger partial charge on any atom is -0.492 e. The number of thiazole rings is 1. The van der Waals surface area contributed by atoms with Crippen LogP contribution in [0.25, 0.3) is 10.2 Å². The highest BCUT2D eigenvalue weighted by atomic mass is 32.1. The number of amides is 1. The van der Waals surface area contributed by atoms with Crippen LogP contribution in [0, 0.1) is 0 Å². The standard InChI is InChI=1S/C16H16N2O3S/c1-3-20-13-7-4-8-14-15(13)17-16(22-14)18(11(2)19)10-12-6-5-9-21-12/h4-9H,3,10H2,1-2H3. The summed E-state index contributed by atoms with van der Waals surface area (Å²) < 4.78 is 11.9. The molecule has 0 saturated carbocycles. The van der Waals surface area contributed by atoms with Gasteiger partial charge in [0.2, 0.25) is 5.91 Å². The predicted molar refractivity (Wildman–Crippen MR) is 86.4 cm³/mol. The Morgan fingerprint density at radius 2 is 2.23 bits per heavy atom. The van der Waals surface area contributed by atoms with Crippen molar-refractivity contribution in [2.75, 3.05) is 11.5 Å². The van der Waals surface area contributed by atoms with Crippen LogP contribution < -0.4 is 9.64 Å². The average Bonchev–Trinajstić information content (AvgIpc) is 3.14. The number of hydrogen-bond donors (Lipinski definition) is 0. The summed E-state index contributed by atoms with van der Waals surface area (Å²) in [6.07, 6.45) is 1.60. The third-order valence-corrected chi connectivity index (χ3v) is 4.22. The van der Waals surface area contributed by atoms with Crippen molar-refractivity contribution in [1.82, 2.24) is 4.98 Å². The number of benzene rings is 1. The predicted octanol–water partition coefficient (Wildman–Crippen LogP) is 3.84. The molecule has 6 heteroatoms. The van der Waals surface area contributed by atoms with Gasteiger partial charge in [0, 0.05) is 6.92 Å². The SMILES string of the molecule is CCOc1cccc2sc(N(Cc3ccco3)C(C)=O)nc12.